The summed E-state index contributed by atoms with van der Waals surface area (Å²) in [5.74, 6) is -1.02. The van der Waals surface area contributed by atoms with Crippen molar-refractivity contribution >= 4 is 5.91 Å². The van der Waals surface area contributed by atoms with E-state index in [1.54, 1.807) is 0 Å². The zero-order valence-electron chi connectivity index (χ0n) is 9.17. The number of halogens is 1. The number of rotatable bonds is 2. The number of hydrogen-bond acceptors (Lipinski definition) is 4. The molecule has 0 aliphatic carbocycles. The monoisotopic (exact) mass is 240 g/mol. The number of carbonyl (C=O) groups excluding carboxylic acids is 1. The van der Waals surface area contributed by atoms with E-state index in [-0.39, 0.29) is 24.3 Å². The predicted molar refractivity (Wildman–Crippen MR) is 56.9 cm³/mol. The summed E-state index contributed by atoms with van der Waals surface area (Å²) >= 11 is 0. The van der Waals surface area contributed by atoms with Gasteiger partial charge in [0, 0.05) is 13.1 Å². The van der Waals surface area contributed by atoms with E-state index in [4.69, 9.17) is 9.84 Å². The molecule has 1 saturated heterocycles. The van der Waals surface area contributed by atoms with E-state index < -0.39 is 5.95 Å². The Kier molecular flexibility index (Phi) is 3.65. The molecule has 5 nitrogen and oxygen atoms in total. The fourth-order valence-corrected chi connectivity index (χ4v) is 1.70. The Hall–Kier alpha value is -1.53. The van der Waals surface area contributed by atoms with Crippen LogP contribution in [-0.2, 0) is 4.74 Å². The molecule has 1 unspecified atom stereocenters. The van der Waals surface area contributed by atoms with Gasteiger partial charge in [-0.1, -0.05) is 6.07 Å². The molecule has 1 N–H and O–H groups in total. The summed E-state index contributed by atoms with van der Waals surface area (Å²) in [6.45, 7) is 0.952. The molecule has 6 heteroatoms. The summed E-state index contributed by atoms with van der Waals surface area (Å²) in [5.41, 5.74) is 0.0728. The maximum absolute atomic E-state index is 12.9. The van der Waals surface area contributed by atoms with Crippen LogP contribution in [0.1, 0.15) is 10.5 Å². The number of aliphatic hydroxyl groups is 1. The van der Waals surface area contributed by atoms with Crippen molar-refractivity contribution in [3.8, 4) is 0 Å². The smallest absolute Gasteiger partial charge is 0.272 e. The first-order valence-electron chi connectivity index (χ1n) is 5.35. The predicted octanol–water partition coefficient (Wildman–Crippen LogP) is 0.0540. The number of ether oxygens (including phenoxy) is 1. The summed E-state index contributed by atoms with van der Waals surface area (Å²) in [6.07, 6.45) is -0.374. The molecule has 0 bridgehead atoms. The molecule has 0 aromatic carbocycles. The maximum atomic E-state index is 12.9. The average molecular weight is 240 g/mol. The van der Waals surface area contributed by atoms with Gasteiger partial charge in [-0.2, -0.15) is 4.39 Å². The van der Waals surface area contributed by atoms with Gasteiger partial charge in [0.15, 0.2) is 0 Å². The van der Waals surface area contributed by atoms with E-state index >= 15 is 0 Å². The number of morpholine rings is 1. The van der Waals surface area contributed by atoms with Crippen LogP contribution in [0.4, 0.5) is 4.39 Å². The minimum atomic E-state index is -0.678. The lowest BCUT2D eigenvalue weighted by atomic mass is 10.2. The van der Waals surface area contributed by atoms with Crippen molar-refractivity contribution < 1.29 is 19.0 Å². The molecule has 0 spiro atoms. The number of hydrogen-bond donors (Lipinski definition) is 1. The molecule has 1 aliphatic heterocycles. The van der Waals surface area contributed by atoms with Crippen LogP contribution in [-0.4, -0.2) is 53.3 Å². The number of carbonyl (C=O) groups is 1. The summed E-state index contributed by atoms with van der Waals surface area (Å²) in [5, 5.41) is 8.97. The van der Waals surface area contributed by atoms with Gasteiger partial charge in [-0.25, -0.2) is 4.98 Å². The number of pyridine rings is 1. The number of aromatic nitrogens is 1. The molecule has 92 valence electrons. The Labute approximate surface area is 97.8 Å². The first-order valence-corrected chi connectivity index (χ1v) is 5.35. The number of aliphatic hydroxyl groups excluding tert-OH is 1. The Balaban J connectivity index is 2.09. The molecule has 1 aromatic heterocycles. The van der Waals surface area contributed by atoms with Crippen LogP contribution in [0, 0.1) is 5.95 Å². The highest BCUT2D eigenvalue weighted by Crippen LogP contribution is 2.09. The second-order valence-corrected chi connectivity index (χ2v) is 3.77. The third-order valence-corrected chi connectivity index (χ3v) is 2.56. The highest BCUT2D eigenvalue weighted by molar-refractivity contribution is 5.92. The molecule has 17 heavy (non-hydrogen) atoms. The minimum Gasteiger partial charge on any atom is -0.394 e. The fourth-order valence-electron chi connectivity index (χ4n) is 1.70. The van der Waals surface area contributed by atoms with Gasteiger partial charge in [0.2, 0.25) is 5.95 Å². The third kappa shape index (κ3) is 2.78. The summed E-state index contributed by atoms with van der Waals surface area (Å²) in [4.78, 5) is 17.0. The zero-order chi connectivity index (χ0) is 12.3. The van der Waals surface area contributed by atoms with Crippen LogP contribution in [0.25, 0.3) is 0 Å². The Morgan fingerprint density at radius 1 is 1.65 bits per heavy atom. The molecule has 1 fully saturated rings. The van der Waals surface area contributed by atoms with Gasteiger partial charge in [0.1, 0.15) is 5.69 Å². The molecule has 1 amide bonds. The molecule has 0 radical (unpaired) electrons. The van der Waals surface area contributed by atoms with Crippen LogP contribution in [0.5, 0.6) is 0 Å². The van der Waals surface area contributed by atoms with Crippen molar-refractivity contribution in [2.24, 2.45) is 0 Å². The maximum Gasteiger partial charge on any atom is 0.272 e. The molecule has 1 atom stereocenters. The van der Waals surface area contributed by atoms with Crippen molar-refractivity contribution in [3.63, 3.8) is 0 Å². The number of amides is 1. The highest BCUT2D eigenvalue weighted by atomic mass is 19.1. The van der Waals surface area contributed by atoms with Crippen molar-refractivity contribution in [2.45, 2.75) is 6.10 Å². The summed E-state index contributed by atoms with van der Waals surface area (Å²) < 4.78 is 18.1. The fraction of sp³-hybridized carbons (Fsp3) is 0.455. The normalized spacial score (nSPS) is 20.4. The van der Waals surface area contributed by atoms with Crippen LogP contribution in [0.3, 0.4) is 0 Å². The first kappa shape index (κ1) is 11.9. The van der Waals surface area contributed by atoms with Gasteiger partial charge in [-0.3, -0.25) is 4.79 Å². The van der Waals surface area contributed by atoms with Crippen LogP contribution < -0.4 is 0 Å². The lowest BCUT2D eigenvalue weighted by Crippen LogP contribution is -2.47. The molecule has 0 saturated carbocycles. The standard InChI is InChI=1S/C11H13FN2O3/c12-10-3-1-2-9(13-10)11(16)14-4-5-17-8(6-14)7-15/h1-3,8,15H,4-7H2. The summed E-state index contributed by atoms with van der Waals surface area (Å²) in [7, 11) is 0. The lowest BCUT2D eigenvalue weighted by molar-refractivity contribution is -0.0448. The van der Waals surface area contributed by atoms with E-state index in [0.717, 1.165) is 0 Å². The molecular formula is C11H13FN2O3. The van der Waals surface area contributed by atoms with Crippen molar-refractivity contribution in [2.75, 3.05) is 26.3 Å². The number of nitrogens with zero attached hydrogens (tertiary/aromatic N) is 2. The Morgan fingerprint density at radius 3 is 3.18 bits per heavy atom. The molecule has 1 aromatic rings. The van der Waals surface area contributed by atoms with Gasteiger partial charge >= 0.3 is 0 Å². The topological polar surface area (TPSA) is 62.7 Å². The van der Waals surface area contributed by atoms with Gasteiger partial charge in [-0.05, 0) is 12.1 Å². The first-order chi connectivity index (χ1) is 8.20. The second-order valence-electron chi connectivity index (χ2n) is 3.77. The largest absolute Gasteiger partial charge is 0.394 e. The third-order valence-electron chi connectivity index (χ3n) is 2.56. The Bertz CT molecular complexity index is 413. The molecule has 1 aliphatic rings. The highest BCUT2D eigenvalue weighted by Gasteiger charge is 2.25. The van der Waals surface area contributed by atoms with Gasteiger partial charge in [0.25, 0.3) is 5.91 Å². The quantitative estimate of drug-likeness (QED) is 0.742. The molecular weight excluding hydrogens is 227 g/mol. The Morgan fingerprint density at radius 2 is 2.47 bits per heavy atom. The molecule has 2 rings (SSSR count). The SMILES string of the molecule is O=C(c1cccc(F)n1)N1CCOC(CO)C1. The molecule has 2 heterocycles. The second kappa shape index (κ2) is 5.20. The van der Waals surface area contributed by atoms with Crippen molar-refractivity contribution in [1.29, 1.82) is 0 Å². The van der Waals surface area contributed by atoms with Gasteiger partial charge in [-0.15, -0.1) is 0 Å². The van der Waals surface area contributed by atoms with Gasteiger partial charge < -0.3 is 14.7 Å². The minimum absolute atomic E-state index is 0.0728. The van der Waals surface area contributed by atoms with Crippen LogP contribution in [0.2, 0.25) is 0 Å². The zero-order valence-corrected chi connectivity index (χ0v) is 9.17. The van der Waals surface area contributed by atoms with E-state index in [9.17, 15) is 9.18 Å². The van der Waals surface area contributed by atoms with E-state index in [1.807, 2.05) is 0 Å². The van der Waals surface area contributed by atoms with E-state index in [2.05, 4.69) is 4.98 Å². The van der Waals surface area contributed by atoms with Gasteiger partial charge in [0.05, 0.1) is 19.3 Å². The van der Waals surface area contributed by atoms with E-state index in [1.165, 1.54) is 23.1 Å². The van der Waals surface area contributed by atoms with Crippen molar-refractivity contribution in [3.05, 3.63) is 29.8 Å². The lowest BCUT2D eigenvalue weighted by Gasteiger charge is -2.31. The van der Waals surface area contributed by atoms with Crippen LogP contribution >= 0.6 is 0 Å². The van der Waals surface area contributed by atoms with Crippen LogP contribution in [0.15, 0.2) is 18.2 Å². The van der Waals surface area contributed by atoms with Crippen molar-refractivity contribution in [1.82, 2.24) is 9.88 Å². The summed E-state index contributed by atoms with van der Waals surface area (Å²) in [6, 6.07) is 4.10. The van der Waals surface area contributed by atoms with E-state index in [0.29, 0.717) is 19.7 Å². The average Bonchev–Trinajstić information content (AvgIpc) is 2.38.